The molecule has 1 aromatic heterocycles. The van der Waals surface area contributed by atoms with Gasteiger partial charge in [0, 0.05) is 23.4 Å². The molecule has 4 rings (SSSR count). The summed E-state index contributed by atoms with van der Waals surface area (Å²) in [4.78, 5) is 2.20. The van der Waals surface area contributed by atoms with Gasteiger partial charge in [0.05, 0.1) is 36.3 Å². The molecular formula is C25H31N3O4S. The third kappa shape index (κ3) is 4.44. The average Bonchev–Trinajstić information content (AvgIpc) is 3.08. The van der Waals surface area contributed by atoms with Gasteiger partial charge in [0.2, 0.25) is 0 Å². The third-order valence-electron chi connectivity index (χ3n) is 6.09. The van der Waals surface area contributed by atoms with Crippen LogP contribution in [0.15, 0.2) is 60.5 Å². The first-order chi connectivity index (χ1) is 15.4. The molecule has 0 saturated heterocycles. The SMILES string of the molecule is C=C(O)C1=CN2C(=CC1=C)c1c3cccc(OCCCS(C)(=O)=O)c3nn1CC2C(C)(C)C. The molecule has 0 spiro atoms. The summed E-state index contributed by atoms with van der Waals surface area (Å²) < 4.78 is 30.8. The lowest BCUT2D eigenvalue weighted by Crippen LogP contribution is -2.47. The van der Waals surface area contributed by atoms with Crippen molar-refractivity contribution in [2.24, 2.45) is 5.41 Å². The van der Waals surface area contributed by atoms with Gasteiger partial charge < -0.3 is 14.7 Å². The molecule has 0 bridgehead atoms. The number of ether oxygens (including phenoxy) is 1. The lowest BCUT2D eigenvalue weighted by molar-refractivity contribution is 0.156. The fourth-order valence-electron chi connectivity index (χ4n) is 4.41. The smallest absolute Gasteiger partial charge is 0.147 e. The fraction of sp³-hybridized carbons (Fsp3) is 0.400. The van der Waals surface area contributed by atoms with Crippen LogP contribution in [0.4, 0.5) is 0 Å². The first-order valence-corrected chi connectivity index (χ1v) is 13.0. The van der Waals surface area contributed by atoms with Gasteiger partial charge in [-0.1, -0.05) is 46.1 Å². The fourth-order valence-corrected chi connectivity index (χ4v) is 5.05. The average molecular weight is 470 g/mol. The van der Waals surface area contributed by atoms with E-state index in [1.807, 2.05) is 35.2 Å². The van der Waals surface area contributed by atoms with Crippen LogP contribution in [-0.2, 0) is 16.4 Å². The number of sulfone groups is 1. The van der Waals surface area contributed by atoms with E-state index in [4.69, 9.17) is 9.84 Å². The van der Waals surface area contributed by atoms with Crippen molar-refractivity contribution >= 4 is 26.4 Å². The van der Waals surface area contributed by atoms with E-state index < -0.39 is 9.84 Å². The largest absolute Gasteiger partial charge is 0.508 e. The van der Waals surface area contributed by atoms with Crippen LogP contribution in [0.25, 0.3) is 16.6 Å². The van der Waals surface area contributed by atoms with E-state index in [2.05, 4.69) is 38.8 Å². The van der Waals surface area contributed by atoms with Crippen LogP contribution in [0.5, 0.6) is 5.75 Å². The first kappa shape index (κ1) is 23.2. The maximum Gasteiger partial charge on any atom is 0.147 e. The topological polar surface area (TPSA) is 84.7 Å². The molecule has 2 aromatic rings. The van der Waals surface area contributed by atoms with Gasteiger partial charge in [0.15, 0.2) is 0 Å². The van der Waals surface area contributed by atoms with Crippen molar-refractivity contribution < 1.29 is 18.3 Å². The summed E-state index contributed by atoms with van der Waals surface area (Å²) in [5.41, 5.74) is 3.92. The summed E-state index contributed by atoms with van der Waals surface area (Å²) in [5.74, 6) is 0.721. The molecule has 8 heteroatoms. The molecule has 2 aliphatic rings. The zero-order chi connectivity index (χ0) is 24.1. The Morgan fingerprint density at radius 3 is 2.70 bits per heavy atom. The Morgan fingerprint density at radius 2 is 2.06 bits per heavy atom. The van der Waals surface area contributed by atoms with Crippen molar-refractivity contribution in [2.45, 2.75) is 39.8 Å². The number of hydrogen-bond donors (Lipinski definition) is 1. The quantitative estimate of drug-likeness (QED) is 0.497. The first-order valence-electron chi connectivity index (χ1n) is 11.0. The molecule has 2 aliphatic heterocycles. The van der Waals surface area contributed by atoms with Crippen LogP contribution in [0, 0.1) is 5.41 Å². The zero-order valence-electron chi connectivity index (χ0n) is 19.6. The van der Waals surface area contributed by atoms with Crippen molar-refractivity contribution in [3.63, 3.8) is 0 Å². The Bertz CT molecular complexity index is 1310. The number of hydrogen-bond acceptors (Lipinski definition) is 6. The highest BCUT2D eigenvalue weighted by atomic mass is 32.2. The monoisotopic (exact) mass is 469 g/mol. The molecule has 0 aliphatic carbocycles. The number of aliphatic hydroxyl groups excluding tert-OH is 1. The summed E-state index contributed by atoms with van der Waals surface area (Å²) in [6.45, 7) is 15.3. The molecule has 1 atom stereocenters. The van der Waals surface area contributed by atoms with Crippen molar-refractivity contribution in [3.05, 3.63) is 66.2 Å². The van der Waals surface area contributed by atoms with Gasteiger partial charge in [0.1, 0.15) is 26.9 Å². The number of rotatable bonds is 6. The zero-order valence-corrected chi connectivity index (χ0v) is 20.4. The second-order valence-corrected chi connectivity index (χ2v) is 12.1. The molecule has 33 heavy (non-hydrogen) atoms. The minimum atomic E-state index is -3.02. The van der Waals surface area contributed by atoms with Gasteiger partial charge in [-0.05, 0) is 29.6 Å². The van der Waals surface area contributed by atoms with Crippen LogP contribution >= 0.6 is 0 Å². The van der Waals surface area contributed by atoms with Crippen LogP contribution in [0.3, 0.4) is 0 Å². The number of benzene rings is 1. The van der Waals surface area contributed by atoms with Crippen molar-refractivity contribution in [3.8, 4) is 5.75 Å². The maximum absolute atomic E-state index is 11.4. The van der Waals surface area contributed by atoms with E-state index >= 15 is 0 Å². The number of aromatic nitrogens is 2. The summed E-state index contributed by atoms with van der Waals surface area (Å²) in [6.07, 6.45) is 5.56. The Morgan fingerprint density at radius 1 is 1.33 bits per heavy atom. The summed E-state index contributed by atoms with van der Waals surface area (Å²) in [7, 11) is -3.02. The molecular weight excluding hydrogens is 438 g/mol. The molecule has 0 fully saturated rings. The summed E-state index contributed by atoms with van der Waals surface area (Å²) in [6, 6.07) is 5.89. The van der Waals surface area contributed by atoms with Gasteiger partial charge in [-0.2, -0.15) is 5.10 Å². The van der Waals surface area contributed by atoms with Crippen molar-refractivity contribution in [1.29, 1.82) is 0 Å². The van der Waals surface area contributed by atoms with Crippen molar-refractivity contribution in [2.75, 3.05) is 18.6 Å². The lowest BCUT2D eigenvalue weighted by Gasteiger charge is -2.46. The van der Waals surface area contributed by atoms with Gasteiger partial charge in [0.25, 0.3) is 0 Å². The van der Waals surface area contributed by atoms with E-state index in [0.29, 0.717) is 36.5 Å². The molecule has 176 valence electrons. The van der Waals surface area contributed by atoms with Crippen LogP contribution in [0.2, 0.25) is 0 Å². The van der Waals surface area contributed by atoms with E-state index in [1.165, 1.54) is 6.26 Å². The van der Waals surface area contributed by atoms with Gasteiger partial charge >= 0.3 is 0 Å². The second kappa shape index (κ2) is 8.09. The van der Waals surface area contributed by atoms with Gasteiger partial charge in [-0.25, -0.2) is 8.42 Å². The molecule has 1 N–H and O–H groups in total. The minimum Gasteiger partial charge on any atom is -0.508 e. The molecule has 7 nitrogen and oxygen atoms in total. The Labute approximate surface area is 195 Å². The highest BCUT2D eigenvalue weighted by Gasteiger charge is 2.40. The highest BCUT2D eigenvalue weighted by molar-refractivity contribution is 7.90. The number of fused-ring (bicyclic) bond motifs is 5. The molecule has 0 saturated carbocycles. The van der Waals surface area contributed by atoms with Crippen LogP contribution in [-0.4, -0.2) is 52.9 Å². The molecule has 1 unspecified atom stereocenters. The Balaban J connectivity index is 1.77. The highest BCUT2D eigenvalue weighted by Crippen LogP contribution is 2.44. The van der Waals surface area contributed by atoms with Crippen molar-refractivity contribution in [1.82, 2.24) is 14.7 Å². The normalized spacial score (nSPS) is 18.5. The maximum atomic E-state index is 11.4. The van der Waals surface area contributed by atoms with Crippen LogP contribution < -0.4 is 4.74 Å². The third-order valence-corrected chi connectivity index (χ3v) is 7.12. The standard InChI is InChI=1S/C25H31N3O4S/c1-16-13-20-24-18-9-7-10-21(32-11-8-12-33(6,30)31)23(18)26-28(24)15-22(25(3,4)5)27(20)14-19(16)17(2)29/h7,9-10,13-14,22,29H,1-2,8,11-12,15H2,3-6H3. The summed E-state index contributed by atoms with van der Waals surface area (Å²) >= 11 is 0. The van der Waals surface area contributed by atoms with E-state index in [-0.39, 0.29) is 23.0 Å². The predicted octanol–water partition coefficient (Wildman–Crippen LogP) is 4.45. The van der Waals surface area contributed by atoms with Gasteiger partial charge in [-0.3, -0.25) is 4.68 Å². The lowest BCUT2D eigenvalue weighted by atomic mass is 9.82. The van der Waals surface area contributed by atoms with Crippen LogP contribution in [0.1, 0.15) is 32.9 Å². The molecule has 0 radical (unpaired) electrons. The Kier molecular flexibility index (Phi) is 5.68. The minimum absolute atomic E-state index is 0.00308. The molecule has 3 heterocycles. The summed E-state index contributed by atoms with van der Waals surface area (Å²) in [5, 5.41) is 15.9. The molecule has 1 aromatic carbocycles. The van der Waals surface area contributed by atoms with Gasteiger partial charge in [-0.15, -0.1) is 0 Å². The van der Waals surface area contributed by atoms with E-state index in [9.17, 15) is 13.5 Å². The predicted molar refractivity (Wildman–Crippen MR) is 132 cm³/mol. The second-order valence-electron chi connectivity index (χ2n) is 9.85. The number of allylic oxidation sites excluding steroid dienone is 2. The Hall–Kier alpha value is -3.00. The number of aliphatic hydroxyl groups is 1. The number of nitrogens with zero attached hydrogens (tertiary/aromatic N) is 3. The molecule has 0 amide bonds. The van der Waals surface area contributed by atoms with E-state index in [0.717, 1.165) is 22.3 Å². The van der Waals surface area contributed by atoms with E-state index in [1.54, 1.807) is 0 Å².